The van der Waals surface area contributed by atoms with Gasteiger partial charge in [0.1, 0.15) is 5.78 Å². The third-order valence-corrected chi connectivity index (χ3v) is 29.9. The second-order valence-electron chi connectivity index (χ2n) is 34.7. The number of esters is 1. The van der Waals surface area contributed by atoms with Crippen LogP contribution < -0.4 is 20.5 Å². The summed E-state index contributed by atoms with van der Waals surface area (Å²) in [5.74, 6) is -2.66. The van der Waals surface area contributed by atoms with E-state index in [1.807, 2.05) is 57.5 Å². The topological polar surface area (TPSA) is 419 Å². The number of nitrogens with two attached hydrogens (primary N) is 1. The van der Waals surface area contributed by atoms with Crippen LogP contribution in [0.2, 0.25) is 30.1 Å². The van der Waals surface area contributed by atoms with Crippen molar-refractivity contribution in [3.05, 3.63) is 194 Å². The predicted octanol–water partition coefficient (Wildman–Crippen LogP) is 12.9. The van der Waals surface area contributed by atoms with E-state index in [0.29, 0.717) is 248 Å². The van der Waals surface area contributed by atoms with Gasteiger partial charge in [0.2, 0.25) is 32.5 Å². The number of carbonyl (C=O) groups excluding carboxylic acids is 7. The number of Topliss-reactive ketones (excluding diaryl/α,β-unsaturated/α-hetero) is 2. The molecule has 6 aromatic carbocycles. The van der Waals surface area contributed by atoms with E-state index in [4.69, 9.17) is 128 Å². The van der Waals surface area contributed by atoms with Crippen LogP contribution in [-0.4, -0.2) is 295 Å². The molecule has 0 radical (unpaired) electrons. The predicted molar refractivity (Wildman–Crippen MR) is 535 cm³/mol. The van der Waals surface area contributed by atoms with Crippen molar-refractivity contribution in [2.45, 2.75) is 174 Å². The number of unbranched alkanes of at least 4 members (excludes halogenated alkanes) is 6. The zero-order valence-electron chi connectivity index (χ0n) is 80.2. The van der Waals surface area contributed by atoms with E-state index in [2.05, 4.69) is 29.5 Å². The summed E-state index contributed by atoms with van der Waals surface area (Å²) in [6, 6.07) is 32.1. The summed E-state index contributed by atoms with van der Waals surface area (Å²) in [6.07, 6.45) is 7.03. The first-order valence-corrected chi connectivity index (χ1v) is 54.5. The van der Waals surface area contributed by atoms with E-state index in [1.165, 1.54) is 0 Å². The molecule has 0 aliphatic carbocycles. The van der Waals surface area contributed by atoms with Crippen molar-refractivity contribution in [3.63, 3.8) is 0 Å². The number of sulfone groups is 1. The maximum absolute atomic E-state index is 13.1. The summed E-state index contributed by atoms with van der Waals surface area (Å²) in [7, 11) is -4.94. The van der Waals surface area contributed by atoms with E-state index in [0.717, 1.165) is 88.8 Å². The highest BCUT2D eigenvalue weighted by atomic mass is 35.5. The Bertz CT molecular complexity index is 5170. The number of carbonyl (C=O) groups is 7. The molecule has 34 nitrogen and oxygen atoms in total. The highest BCUT2D eigenvalue weighted by Gasteiger charge is 2.44. The lowest BCUT2D eigenvalue weighted by molar-refractivity contribution is -0.594. The third kappa shape index (κ3) is 40.5. The van der Waals surface area contributed by atoms with Crippen LogP contribution in [0.1, 0.15) is 183 Å². The number of halogens is 6. The number of nitroso groups, excluding NO2 is 1. The zero-order chi connectivity index (χ0) is 102. The molecule has 0 saturated carbocycles. The van der Waals surface area contributed by atoms with Crippen molar-refractivity contribution >= 4 is 141 Å². The molecule has 5 heterocycles. The lowest BCUT2D eigenvalue weighted by Crippen LogP contribution is -2.31. The fraction of sp³-hybridized carbons (Fsp3) is 0.561. The van der Waals surface area contributed by atoms with E-state index in [9.17, 15) is 63.7 Å². The lowest BCUT2D eigenvalue weighted by Gasteiger charge is -2.33. The van der Waals surface area contributed by atoms with Gasteiger partial charge in [-0.2, -0.15) is 0 Å². The molecule has 141 heavy (non-hydrogen) atoms. The zero-order valence-corrected chi connectivity index (χ0v) is 87.1. The van der Waals surface area contributed by atoms with Gasteiger partial charge in [-0.05, 0) is 183 Å². The molecule has 6 aromatic rings. The summed E-state index contributed by atoms with van der Waals surface area (Å²) in [5.41, 5.74) is 14.1. The standard InChI is InChI=1S/C57H77Cl4N5O12S2.C25H34Cl2N2O5S.C16H21N2O8/c1-65-38-51(49-34-44(58)36-55(60)53(49)40-65)42-10-7-14-47(32-42)79(69,70)63-18-22-75-26-30-77-28-24-73-20-9-13-46(67)12-5-3-4-6-16-57(68)62-17-21-74-25-29-78-31-27-76-23-19-64-80(71,72)48-15-8-11-43(33-48)52-39-66(2)41-54-50(52)35-45(59)37-56(54)61;1-29-17-23(22-15-20(26)16-25(27)24(22)18-29)19-4-2-5-21(14-19)35(30,31)13-3-7-32-9-11-34-12-10-33-8-6-28;19-11-9-10-17(24)16(11)25-14(22)5-3-1-2-4-6-15(23)26-18-12(20)7-8-13(18)21/h7-8,10-11,14-15,32-37,51-52,63-64H,3-6,9,12-13,16-31,38-41H2,1-2H3,(H,62,68);2,4-5,14-16,23H,3,6-13,17-18,28H2,1H3;16H,1-10H2/q;;+1. The van der Waals surface area contributed by atoms with Crippen molar-refractivity contribution in [1.29, 1.82) is 0 Å². The molecule has 2 fully saturated rings. The minimum Gasteiger partial charge on any atom is -0.393 e. The normalized spacial score (nSPS) is 16.8. The van der Waals surface area contributed by atoms with Gasteiger partial charge < -0.3 is 78.0 Å². The number of nitrogens with one attached hydrogen (secondary N) is 3. The molecule has 2 saturated heterocycles. The van der Waals surface area contributed by atoms with Crippen LogP contribution in [0.3, 0.4) is 0 Å². The second kappa shape index (κ2) is 62.1. The van der Waals surface area contributed by atoms with Gasteiger partial charge in [0.05, 0.1) is 133 Å². The number of ketones is 2. The van der Waals surface area contributed by atoms with Gasteiger partial charge in [0.25, 0.3) is 17.6 Å². The summed E-state index contributed by atoms with van der Waals surface area (Å²) < 4.78 is 139. The molecule has 11 rings (SSSR count). The number of amides is 3. The fourth-order valence-corrected chi connectivity index (χ4v) is 21.6. The van der Waals surface area contributed by atoms with E-state index >= 15 is 0 Å². The van der Waals surface area contributed by atoms with Crippen molar-refractivity contribution < 1.29 is 116 Å². The number of sulfonamides is 2. The Morgan fingerprint density at radius 1 is 0.411 bits per heavy atom. The Labute approximate surface area is 857 Å². The molecule has 0 aromatic heterocycles. The number of imide groups is 1. The monoisotopic (exact) mass is 2140 g/mol. The first-order valence-electron chi connectivity index (χ1n) is 47.6. The van der Waals surface area contributed by atoms with Crippen LogP contribution in [-0.2, 0) is 135 Å². The quantitative estimate of drug-likeness (QED) is 0.0119. The molecule has 0 spiro atoms. The highest BCUT2D eigenvalue weighted by Crippen LogP contribution is 2.43. The number of benzene rings is 6. The molecule has 5 aliphatic rings. The Hall–Kier alpha value is -7.20. The molecule has 43 heteroatoms. The van der Waals surface area contributed by atoms with Crippen LogP contribution in [0, 0.1) is 4.91 Å². The summed E-state index contributed by atoms with van der Waals surface area (Å²) in [6.45, 7) is 12.0. The molecular formula is C98H132Cl6N9O25S3+. The van der Waals surface area contributed by atoms with E-state index < -0.39 is 59.9 Å². The largest absolute Gasteiger partial charge is 0.405 e. The lowest BCUT2D eigenvalue weighted by atomic mass is 9.85. The second-order valence-corrected chi connectivity index (χ2v) is 42.8. The number of ether oxygens (including phenoxy) is 10. The first kappa shape index (κ1) is 117. The first-order chi connectivity index (χ1) is 67.7. The highest BCUT2D eigenvalue weighted by molar-refractivity contribution is 7.91. The van der Waals surface area contributed by atoms with Crippen molar-refractivity contribution in [2.24, 2.45) is 5.73 Å². The molecule has 0 bridgehead atoms. The van der Waals surface area contributed by atoms with Gasteiger partial charge in [-0.1, -0.05) is 132 Å². The van der Waals surface area contributed by atoms with E-state index in [1.54, 1.807) is 72.8 Å². The molecule has 4 unspecified atom stereocenters. The average molecular weight is 2150 g/mol. The Morgan fingerprint density at radius 3 is 1.19 bits per heavy atom. The average Bonchev–Trinajstić information content (AvgIpc) is 1.70. The van der Waals surface area contributed by atoms with Crippen LogP contribution >= 0.6 is 69.6 Å². The summed E-state index contributed by atoms with van der Waals surface area (Å²) >= 11 is 38.5. The molecule has 5 N–H and O–H groups in total. The minimum absolute atomic E-state index is 0.0147. The number of nitrogens with zero attached hydrogens (tertiary/aromatic N) is 5. The summed E-state index contributed by atoms with van der Waals surface area (Å²) in [4.78, 5) is 105. The van der Waals surface area contributed by atoms with Gasteiger partial charge in [0.15, 0.2) is 9.84 Å². The van der Waals surface area contributed by atoms with Crippen molar-refractivity contribution in [1.82, 2.24) is 34.5 Å². The number of fused-ring (bicyclic) bond motifs is 3. The maximum atomic E-state index is 13.1. The number of hydroxylamine groups is 2. The van der Waals surface area contributed by atoms with Crippen LogP contribution in [0.15, 0.2) is 124 Å². The number of hydrogen-bond donors (Lipinski definition) is 4. The number of hydrogen-bond acceptors (Lipinski definition) is 29. The Morgan fingerprint density at radius 2 is 0.773 bits per heavy atom. The van der Waals surface area contributed by atoms with Crippen molar-refractivity contribution in [3.8, 4) is 0 Å². The molecule has 5 aliphatic heterocycles. The summed E-state index contributed by atoms with van der Waals surface area (Å²) in [5, 5.41) is 6.89. The number of likely N-dealkylation sites (N-methyl/N-ethyl adjacent to an activating group) is 3. The van der Waals surface area contributed by atoms with Crippen LogP contribution in [0.5, 0.6) is 0 Å². The van der Waals surface area contributed by atoms with Crippen molar-refractivity contribution in [2.75, 3.05) is 198 Å². The van der Waals surface area contributed by atoms with E-state index in [-0.39, 0.29) is 116 Å². The van der Waals surface area contributed by atoms with Gasteiger partial charge in [0, 0.05) is 181 Å². The molecular weight excluding hydrogens is 2010 g/mol. The molecule has 3 amide bonds. The molecule has 778 valence electrons. The fourth-order valence-electron chi connectivity index (χ4n) is 16.4. The maximum Gasteiger partial charge on any atom is 0.405 e. The van der Waals surface area contributed by atoms with Crippen LogP contribution in [0.4, 0.5) is 0 Å². The minimum atomic E-state index is -3.77. The Kier molecular flexibility index (Phi) is 51.7. The SMILES string of the molecule is CN1Cc2c(Cl)cc(Cl)cc2C(c2cccc(S(=O)(=O)CCCOCCOCCOCCN)c2)C1.CN1Cc2c(Cl)cc(Cl)cc2C(c2cccc(S(=O)(=O)NCCOCCOCCOCCCC(=O)CCCCCCC(=O)NCCOCCOCCOCCNS(=O)(=O)c3cccc(C4CN(C)Cc5c(Cl)cc(Cl)cc54)c3)c2)C1.O=C(CCCCCCC(=O)ON1C(=O)CCC1=O)OC1C(=O)CC[N+]1=O. The Balaban J connectivity index is 0.000000295. The third-order valence-electron chi connectivity index (χ3n) is 23.5. The van der Waals surface area contributed by atoms with Gasteiger partial charge in [-0.25, -0.2) is 39.5 Å². The smallest absolute Gasteiger partial charge is 0.393 e. The number of rotatable bonds is 61. The van der Waals surface area contributed by atoms with Gasteiger partial charge in [-0.15, -0.1) is 5.06 Å². The van der Waals surface area contributed by atoms with Gasteiger partial charge >= 0.3 is 18.2 Å². The van der Waals surface area contributed by atoms with Crippen LogP contribution in [0.25, 0.3) is 0 Å². The molecule has 4 atom stereocenters. The van der Waals surface area contributed by atoms with Gasteiger partial charge in [-0.3, -0.25) is 28.8 Å².